The van der Waals surface area contributed by atoms with Gasteiger partial charge in [-0.1, -0.05) is 0 Å². The molecular formula is C21H22F5N3O. The van der Waals surface area contributed by atoms with Crippen molar-refractivity contribution in [1.29, 1.82) is 0 Å². The van der Waals surface area contributed by atoms with Crippen molar-refractivity contribution in [1.82, 2.24) is 9.97 Å². The van der Waals surface area contributed by atoms with Gasteiger partial charge in [0.1, 0.15) is 29.4 Å². The Morgan fingerprint density at radius 2 is 1.83 bits per heavy atom. The third kappa shape index (κ3) is 3.99. The van der Waals surface area contributed by atoms with Crippen molar-refractivity contribution in [3.63, 3.8) is 0 Å². The predicted molar refractivity (Wildman–Crippen MR) is 100 cm³/mol. The molecule has 0 aromatic carbocycles. The molecule has 2 bridgehead atoms. The summed E-state index contributed by atoms with van der Waals surface area (Å²) in [5, 5.41) is 0. The Hall–Kier alpha value is -2.29. The van der Waals surface area contributed by atoms with Gasteiger partial charge in [0.25, 0.3) is 12.9 Å². The van der Waals surface area contributed by atoms with Crippen LogP contribution in [0.5, 0.6) is 5.75 Å². The zero-order chi connectivity index (χ0) is 21.7. The SMILES string of the molecule is CC(N)(COc1ccc(-c2ccnc(C(F)F)c2)nc1C(F)F)CC12CC(F)(C1)C2. The molecule has 1 atom stereocenters. The van der Waals surface area contributed by atoms with Gasteiger partial charge < -0.3 is 10.5 Å². The molecule has 3 saturated carbocycles. The second kappa shape index (κ2) is 7.14. The van der Waals surface area contributed by atoms with Gasteiger partial charge in [-0.25, -0.2) is 26.9 Å². The van der Waals surface area contributed by atoms with Crippen molar-refractivity contribution < 1.29 is 26.7 Å². The first kappa shape index (κ1) is 21.0. The van der Waals surface area contributed by atoms with Crippen LogP contribution in [-0.2, 0) is 0 Å². The number of alkyl halides is 5. The van der Waals surface area contributed by atoms with Crippen LogP contribution in [-0.4, -0.2) is 27.8 Å². The monoisotopic (exact) mass is 427 g/mol. The molecule has 0 amide bonds. The van der Waals surface area contributed by atoms with Crippen LogP contribution in [0.15, 0.2) is 30.5 Å². The lowest BCUT2D eigenvalue weighted by atomic mass is 9.40. The van der Waals surface area contributed by atoms with E-state index in [2.05, 4.69) is 9.97 Å². The highest BCUT2D eigenvalue weighted by Gasteiger charge is 2.69. The van der Waals surface area contributed by atoms with E-state index in [4.69, 9.17) is 10.5 Å². The molecule has 2 heterocycles. The Kier molecular flexibility index (Phi) is 4.99. The Labute approximate surface area is 170 Å². The summed E-state index contributed by atoms with van der Waals surface area (Å²) in [5.41, 5.74) is 3.66. The minimum atomic E-state index is -2.93. The molecular weight excluding hydrogens is 405 g/mol. The van der Waals surface area contributed by atoms with E-state index in [1.807, 2.05) is 0 Å². The largest absolute Gasteiger partial charge is 0.490 e. The third-order valence-corrected chi connectivity index (χ3v) is 5.80. The summed E-state index contributed by atoms with van der Waals surface area (Å²) in [5.74, 6) is -0.117. The fourth-order valence-corrected chi connectivity index (χ4v) is 4.83. The van der Waals surface area contributed by atoms with Crippen molar-refractivity contribution in [3.05, 3.63) is 41.9 Å². The maximum Gasteiger partial charge on any atom is 0.284 e. The number of pyridine rings is 2. The Morgan fingerprint density at radius 1 is 1.13 bits per heavy atom. The zero-order valence-electron chi connectivity index (χ0n) is 16.3. The summed E-state index contributed by atoms with van der Waals surface area (Å²) >= 11 is 0. The highest BCUT2D eigenvalue weighted by Crippen LogP contribution is 2.71. The summed E-state index contributed by atoms with van der Waals surface area (Å²) in [6.45, 7) is 1.73. The van der Waals surface area contributed by atoms with Crippen LogP contribution >= 0.6 is 0 Å². The smallest absolute Gasteiger partial charge is 0.284 e. The second-order valence-corrected chi connectivity index (χ2v) is 8.95. The van der Waals surface area contributed by atoms with E-state index in [0.717, 1.165) is 6.07 Å². The number of ether oxygens (including phenoxy) is 1. The van der Waals surface area contributed by atoms with Crippen LogP contribution in [0, 0.1) is 5.41 Å². The number of halogens is 5. The van der Waals surface area contributed by atoms with Crippen LogP contribution < -0.4 is 10.5 Å². The van der Waals surface area contributed by atoms with Gasteiger partial charge in [-0.05, 0) is 62.3 Å². The first-order valence-electron chi connectivity index (χ1n) is 9.64. The van der Waals surface area contributed by atoms with E-state index in [1.54, 1.807) is 6.92 Å². The molecule has 3 aliphatic carbocycles. The van der Waals surface area contributed by atoms with E-state index in [1.165, 1.54) is 24.4 Å². The van der Waals surface area contributed by atoms with Gasteiger partial charge >= 0.3 is 0 Å². The summed E-state index contributed by atoms with van der Waals surface area (Å²) in [6.07, 6.45) is -2.48. The first-order chi connectivity index (χ1) is 14.0. The maximum atomic E-state index is 13.7. The molecule has 9 heteroatoms. The van der Waals surface area contributed by atoms with Gasteiger partial charge in [-0.2, -0.15) is 0 Å². The Balaban J connectivity index is 1.49. The van der Waals surface area contributed by atoms with E-state index in [-0.39, 0.29) is 29.0 Å². The Morgan fingerprint density at radius 3 is 2.43 bits per heavy atom. The van der Waals surface area contributed by atoms with E-state index < -0.39 is 35.4 Å². The second-order valence-electron chi connectivity index (χ2n) is 8.95. The highest BCUT2D eigenvalue weighted by molar-refractivity contribution is 5.60. The molecule has 0 spiro atoms. The minimum Gasteiger partial charge on any atom is -0.490 e. The molecule has 162 valence electrons. The van der Waals surface area contributed by atoms with Gasteiger partial charge in [0.2, 0.25) is 0 Å². The number of hydrogen-bond acceptors (Lipinski definition) is 4. The standard InChI is InChI=1S/C21H22F5N3O/c1-19(27,7-20-8-21(26,9-20)10-20)11-30-15-3-2-13(29-16(15)18(24)25)12-4-5-28-14(6-12)17(22)23/h2-6,17-18H,7-11,27H2,1H3. The summed E-state index contributed by atoms with van der Waals surface area (Å²) < 4.78 is 72.2. The van der Waals surface area contributed by atoms with Gasteiger partial charge in [-0.15, -0.1) is 0 Å². The van der Waals surface area contributed by atoms with E-state index in [9.17, 15) is 22.0 Å². The lowest BCUT2D eigenvalue weighted by Gasteiger charge is -2.67. The Bertz CT molecular complexity index is 930. The van der Waals surface area contributed by atoms with Crippen LogP contribution in [0.25, 0.3) is 11.3 Å². The van der Waals surface area contributed by atoms with Crippen molar-refractivity contribution in [2.75, 3.05) is 6.61 Å². The highest BCUT2D eigenvalue weighted by atomic mass is 19.3. The van der Waals surface area contributed by atoms with Crippen molar-refractivity contribution in [2.24, 2.45) is 11.1 Å². The quantitative estimate of drug-likeness (QED) is 0.574. The molecule has 3 aliphatic rings. The fourth-order valence-electron chi connectivity index (χ4n) is 4.83. The lowest BCUT2D eigenvalue weighted by Crippen LogP contribution is -2.67. The molecule has 5 rings (SSSR count). The molecule has 0 radical (unpaired) electrons. The predicted octanol–water partition coefficient (Wildman–Crippen LogP) is 5.40. The molecule has 30 heavy (non-hydrogen) atoms. The minimum absolute atomic E-state index is 0.0282. The van der Waals surface area contributed by atoms with Gasteiger partial charge in [0.15, 0.2) is 0 Å². The normalized spacial score (nSPS) is 26.8. The number of nitrogens with zero attached hydrogens (tertiary/aromatic N) is 2. The van der Waals surface area contributed by atoms with Crippen molar-refractivity contribution in [3.8, 4) is 17.0 Å². The molecule has 1 unspecified atom stereocenters. The molecule has 3 fully saturated rings. The third-order valence-electron chi connectivity index (χ3n) is 5.80. The number of aromatic nitrogens is 2. The molecule has 2 N–H and O–H groups in total. The number of nitrogens with two attached hydrogens (primary N) is 1. The lowest BCUT2D eigenvalue weighted by molar-refractivity contribution is -0.223. The zero-order valence-corrected chi connectivity index (χ0v) is 16.3. The molecule has 2 aromatic heterocycles. The first-order valence-corrected chi connectivity index (χ1v) is 9.64. The van der Waals surface area contributed by atoms with Crippen LogP contribution in [0.3, 0.4) is 0 Å². The average molecular weight is 427 g/mol. The summed E-state index contributed by atoms with van der Waals surface area (Å²) in [7, 11) is 0. The van der Waals surface area contributed by atoms with E-state index >= 15 is 0 Å². The van der Waals surface area contributed by atoms with Crippen LogP contribution in [0.4, 0.5) is 22.0 Å². The van der Waals surface area contributed by atoms with Crippen LogP contribution in [0.2, 0.25) is 0 Å². The fraction of sp³-hybridized carbons (Fsp3) is 0.524. The topological polar surface area (TPSA) is 61.0 Å². The molecule has 0 saturated heterocycles. The van der Waals surface area contributed by atoms with Crippen molar-refractivity contribution in [2.45, 2.75) is 56.7 Å². The van der Waals surface area contributed by atoms with Gasteiger partial charge in [0.05, 0.1) is 5.69 Å². The van der Waals surface area contributed by atoms with Gasteiger partial charge in [0, 0.05) is 17.3 Å². The van der Waals surface area contributed by atoms with Crippen molar-refractivity contribution >= 4 is 0 Å². The summed E-state index contributed by atoms with van der Waals surface area (Å²) in [4.78, 5) is 7.48. The summed E-state index contributed by atoms with van der Waals surface area (Å²) in [6, 6.07) is 5.29. The van der Waals surface area contributed by atoms with Gasteiger partial charge in [-0.3, -0.25) is 4.98 Å². The van der Waals surface area contributed by atoms with E-state index in [0.29, 0.717) is 25.7 Å². The number of rotatable bonds is 8. The molecule has 2 aromatic rings. The maximum absolute atomic E-state index is 13.7. The molecule has 0 aliphatic heterocycles. The number of hydrogen-bond donors (Lipinski definition) is 1. The van der Waals surface area contributed by atoms with Crippen LogP contribution in [0.1, 0.15) is 56.8 Å². The molecule has 4 nitrogen and oxygen atoms in total. The average Bonchev–Trinajstić information content (AvgIpc) is 2.64.